The van der Waals surface area contributed by atoms with E-state index in [1.54, 1.807) is 6.07 Å². The summed E-state index contributed by atoms with van der Waals surface area (Å²) < 4.78 is 0. The number of anilines is 3. The molecule has 6 heteroatoms. The van der Waals surface area contributed by atoms with Crippen molar-refractivity contribution in [3.63, 3.8) is 0 Å². The summed E-state index contributed by atoms with van der Waals surface area (Å²) in [6.45, 7) is 2.10. The molecule has 1 aromatic heterocycles. The molecule has 0 fully saturated rings. The van der Waals surface area contributed by atoms with Crippen LogP contribution in [0, 0.1) is 0 Å². The van der Waals surface area contributed by atoms with Crippen LogP contribution in [0.4, 0.5) is 17.5 Å². The summed E-state index contributed by atoms with van der Waals surface area (Å²) in [5.74, 6) is 1.20. The van der Waals surface area contributed by atoms with Crippen LogP contribution >= 0.6 is 23.2 Å². The van der Waals surface area contributed by atoms with Crippen molar-refractivity contribution in [2.75, 3.05) is 10.6 Å². The molecule has 1 heterocycles. The fourth-order valence-electron chi connectivity index (χ4n) is 2.99. The first-order chi connectivity index (χ1) is 13.6. The minimum Gasteiger partial charge on any atom is -0.363 e. The number of nitrogens with zero attached hydrogens (tertiary/aromatic N) is 2. The highest BCUT2D eigenvalue weighted by Crippen LogP contribution is 2.32. The molecule has 4 aromatic rings. The molecule has 0 saturated heterocycles. The number of hydrogen-bond acceptors (Lipinski definition) is 4. The van der Waals surface area contributed by atoms with E-state index < -0.39 is 0 Å². The Morgan fingerprint density at radius 1 is 0.821 bits per heavy atom. The van der Waals surface area contributed by atoms with Crippen LogP contribution < -0.4 is 10.6 Å². The second kappa shape index (κ2) is 8.05. The number of halogens is 2. The van der Waals surface area contributed by atoms with E-state index in [1.165, 1.54) is 5.56 Å². The summed E-state index contributed by atoms with van der Waals surface area (Å²) in [6.07, 6.45) is 0. The minimum absolute atomic E-state index is 0.0853. The fourth-order valence-corrected chi connectivity index (χ4v) is 3.34. The summed E-state index contributed by atoms with van der Waals surface area (Å²) in [7, 11) is 0. The number of fused-ring (bicyclic) bond motifs is 1. The molecule has 1 atom stereocenters. The van der Waals surface area contributed by atoms with E-state index in [0.29, 0.717) is 21.7 Å². The highest BCUT2D eigenvalue weighted by molar-refractivity contribution is 6.43. The lowest BCUT2D eigenvalue weighted by molar-refractivity contribution is 0.876. The van der Waals surface area contributed by atoms with Crippen molar-refractivity contribution in [3.8, 4) is 0 Å². The third-order valence-electron chi connectivity index (χ3n) is 4.45. The highest BCUT2D eigenvalue weighted by atomic mass is 35.5. The van der Waals surface area contributed by atoms with Gasteiger partial charge in [-0.1, -0.05) is 71.7 Å². The number of benzene rings is 3. The Morgan fingerprint density at radius 3 is 2.39 bits per heavy atom. The molecule has 0 aliphatic carbocycles. The molecule has 4 nitrogen and oxygen atoms in total. The highest BCUT2D eigenvalue weighted by Gasteiger charge is 2.13. The van der Waals surface area contributed by atoms with Crippen LogP contribution in [0.15, 0.2) is 72.8 Å². The van der Waals surface area contributed by atoms with Gasteiger partial charge in [-0.3, -0.25) is 0 Å². The van der Waals surface area contributed by atoms with Crippen molar-refractivity contribution >= 4 is 51.6 Å². The summed E-state index contributed by atoms with van der Waals surface area (Å²) in [5.41, 5.74) is 2.67. The minimum atomic E-state index is 0.0853. The van der Waals surface area contributed by atoms with E-state index in [0.717, 1.165) is 16.7 Å². The van der Waals surface area contributed by atoms with Gasteiger partial charge in [-0.15, -0.1) is 0 Å². The molecule has 3 aromatic carbocycles. The zero-order valence-electron chi connectivity index (χ0n) is 15.2. The number of para-hydroxylation sites is 1. The third kappa shape index (κ3) is 3.88. The Morgan fingerprint density at radius 2 is 1.57 bits per heavy atom. The van der Waals surface area contributed by atoms with Gasteiger partial charge in [0, 0.05) is 11.4 Å². The SMILES string of the molecule is CC(Nc1nc(Nc2cccc(Cl)c2Cl)nc2ccccc12)c1ccccc1. The normalized spacial score (nSPS) is 12.0. The maximum atomic E-state index is 6.30. The van der Waals surface area contributed by atoms with E-state index in [2.05, 4.69) is 34.7 Å². The summed E-state index contributed by atoms with van der Waals surface area (Å²) >= 11 is 12.4. The quantitative estimate of drug-likeness (QED) is 0.378. The topological polar surface area (TPSA) is 49.8 Å². The lowest BCUT2D eigenvalue weighted by atomic mass is 10.1. The molecule has 1 unspecified atom stereocenters. The third-order valence-corrected chi connectivity index (χ3v) is 5.27. The van der Waals surface area contributed by atoms with Crippen molar-refractivity contribution in [1.82, 2.24) is 9.97 Å². The largest absolute Gasteiger partial charge is 0.363 e. The van der Waals surface area contributed by atoms with Gasteiger partial charge in [0.1, 0.15) is 5.82 Å². The zero-order chi connectivity index (χ0) is 19.5. The predicted molar refractivity (Wildman–Crippen MR) is 118 cm³/mol. The van der Waals surface area contributed by atoms with E-state index in [4.69, 9.17) is 28.2 Å². The van der Waals surface area contributed by atoms with Crippen molar-refractivity contribution in [2.45, 2.75) is 13.0 Å². The van der Waals surface area contributed by atoms with Crippen LogP contribution in [0.5, 0.6) is 0 Å². The molecular formula is C22H18Cl2N4. The second-order valence-corrected chi connectivity index (χ2v) is 7.20. The molecule has 0 radical (unpaired) electrons. The molecule has 0 aliphatic rings. The first kappa shape index (κ1) is 18.5. The Labute approximate surface area is 173 Å². The molecule has 0 saturated carbocycles. The monoisotopic (exact) mass is 408 g/mol. The molecule has 0 aliphatic heterocycles. The Hall–Kier alpha value is -2.82. The predicted octanol–water partition coefficient (Wildman–Crippen LogP) is 6.85. The first-order valence-corrected chi connectivity index (χ1v) is 9.67. The molecule has 0 spiro atoms. The molecule has 140 valence electrons. The van der Waals surface area contributed by atoms with Crippen LogP contribution in [0.25, 0.3) is 10.9 Å². The van der Waals surface area contributed by atoms with Gasteiger partial charge in [-0.05, 0) is 36.8 Å². The Balaban J connectivity index is 1.72. The van der Waals surface area contributed by atoms with Gasteiger partial charge in [0.25, 0.3) is 0 Å². The summed E-state index contributed by atoms with van der Waals surface area (Å²) in [5, 5.41) is 8.55. The average molecular weight is 409 g/mol. The molecular weight excluding hydrogens is 391 g/mol. The Bertz CT molecular complexity index is 1120. The number of aromatic nitrogens is 2. The van der Waals surface area contributed by atoms with Gasteiger partial charge < -0.3 is 10.6 Å². The maximum absolute atomic E-state index is 6.30. The van der Waals surface area contributed by atoms with Gasteiger partial charge in [0.15, 0.2) is 0 Å². The molecule has 28 heavy (non-hydrogen) atoms. The van der Waals surface area contributed by atoms with Gasteiger partial charge in [-0.25, -0.2) is 4.98 Å². The van der Waals surface area contributed by atoms with Crippen molar-refractivity contribution in [1.29, 1.82) is 0 Å². The van der Waals surface area contributed by atoms with E-state index in [-0.39, 0.29) is 6.04 Å². The van der Waals surface area contributed by atoms with E-state index in [1.807, 2.05) is 54.6 Å². The van der Waals surface area contributed by atoms with Crippen LogP contribution in [-0.4, -0.2) is 9.97 Å². The molecule has 0 bridgehead atoms. The standard InChI is InChI=1S/C22H18Cl2N4/c1-14(15-8-3-2-4-9-15)25-21-16-10-5-6-12-18(16)26-22(28-21)27-19-13-7-11-17(23)20(19)24/h2-14H,1H3,(H2,25,26,27,28). The summed E-state index contributed by atoms with van der Waals surface area (Å²) in [4.78, 5) is 9.32. The van der Waals surface area contributed by atoms with Crippen LogP contribution in [0.1, 0.15) is 18.5 Å². The number of nitrogens with one attached hydrogen (secondary N) is 2. The number of rotatable bonds is 5. The van der Waals surface area contributed by atoms with E-state index in [9.17, 15) is 0 Å². The maximum Gasteiger partial charge on any atom is 0.229 e. The first-order valence-electron chi connectivity index (χ1n) is 8.91. The second-order valence-electron chi connectivity index (χ2n) is 6.42. The van der Waals surface area contributed by atoms with Crippen molar-refractivity contribution in [3.05, 3.63) is 88.4 Å². The van der Waals surface area contributed by atoms with Crippen LogP contribution in [0.2, 0.25) is 10.0 Å². The number of hydrogen-bond donors (Lipinski definition) is 2. The van der Waals surface area contributed by atoms with Crippen molar-refractivity contribution < 1.29 is 0 Å². The van der Waals surface area contributed by atoms with Gasteiger partial charge in [0.2, 0.25) is 5.95 Å². The van der Waals surface area contributed by atoms with E-state index >= 15 is 0 Å². The van der Waals surface area contributed by atoms with Crippen molar-refractivity contribution in [2.24, 2.45) is 0 Å². The fraction of sp³-hybridized carbons (Fsp3) is 0.0909. The smallest absolute Gasteiger partial charge is 0.229 e. The molecule has 2 N–H and O–H groups in total. The Kier molecular flexibility index (Phi) is 5.33. The van der Waals surface area contributed by atoms with Gasteiger partial charge >= 0.3 is 0 Å². The zero-order valence-corrected chi connectivity index (χ0v) is 16.7. The lowest BCUT2D eigenvalue weighted by Gasteiger charge is -2.17. The van der Waals surface area contributed by atoms with Crippen LogP contribution in [-0.2, 0) is 0 Å². The van der Waals surface area contributed by atoms with Gasteiger partial charge in [0.05, 0.1) is 21.2 Å². The average Bonchev–Trinajstić information content (AvgIpc) is 2.72. The lowest BCUT2D eigenvalue weighted by Crippen LogP contribution is -2.10. The van der Waals surface area contributed by atoms with Crippen LogP contribution in [0.3, 0.4) is 0 Å². The molecule has 4 rings (SSSR count). The summed E-state index contributed by atoms with van der Waals surface area (Å²) in [6, 6.07) is 23.6. The van der Waals surface area contributed by atoms with Gasteiger partial charge in [-0.2, -0.15) is 4.98 Å². The molecule has 0 amide bonds.